The van der Waals surface area contributed by atoms with Gasteiger partial charge in [0.05, 0.1) is 6.61 Å². The maximum Gasteiger partial charge on any atom is 0.348 e. The molecule has 0 unspecified atom stereocenters. The van der Waals surface area contributed by atoms with Crippen LogP contribution < -0.4 is 0 Å². The highest BCUT2D eigenvalue weighted by Crippen LogP contribution is 2.22. The van der Waals surface area contributed by atoms with E-state index in [9.17, 15) is 4.79 Å². The van der Waals surface area contributed by atoms with Crippen molar-refractivity contribution in [2.75, 3.05) is 20.3 Å². The van der Waals surface area contributed by atoms with Crippen molar-refractivity contribution in [3.63, 3.8) is 0 Å². The molecule has 0 aliphatic heterocycles. The van der Waals surface area contributed by atoms with Gasteiger partial charge in [-0.05, 0) is 22.6 Å². The second kappa shape index (κ2) is 7.61. The normalized spacial score (nSPS) is 11.9. The summed E-state index contributed by atoms with van der Waals surface area (Å²) in [7, 11) is 1.52. The van der Waals surface area contributed by atoms with E-state index in [1.165, 1.54) is 18.7 Å². The van der Waals surface area contributed by atoms with Gasteiger partial charge >= 0.3 is 5.97 Å². The van der Waals surface area contributed by atoms with Crippen LogP contribution in [0.4, 0.5) is 0 Å². The predicted molar refractivity (Wildman–Crippen MR) is 81.6 cm³/mol. The molecule has 0 aromatic heterocycles. The number of nitrogens with zero attached hydrogens (tertiary/aromatic N) is 1. The number of carbonyl (C=O) groups is 1. The Hall–Kier alpha value is -2.12. The third-order valence-electron chi connectivity index (χ3n) is 2.95. The van der Waals surface area contributed by atoms with Gasteiger partial charge < -0.3 is 9.47 Å². The molecule has 0 saturated heterocycles. The Bertz CT molecular complexity index is 545. The molecule has 0 bridgehead atoms. The number of ether oxygens (including phenoxy) is 2. The number of hydrogen-bond acceptors (Lipinski definition) is 4. The molecule has 1 rings (SSSR count). The monoisotopic (exact) mass is 287 g/mol. The fourth-order valence-electron chi connectivity index (χ4n) is 1.68. The zero-order valence-corrected chi connectivity index (χ0v) is 13.0. The third-order valence-corrected chi connectivity index (χ3v) is 2.95. The van der Waals surface area contributed by atoms with Crippen molar-refractivity contribution < 1.29 is 14.3 Å². The molecule has 1 aromatic carbocycles. The molecule has 0 radical (unpaired) electrons. The summed E-state index contributed by atoms with van der Waals surface area (Å²) in [6.07, 6.45) is 1.53. The zero-order valence-electron chi connectivity index (χ0n) is 13.0. The summed E-state index contributed by atoms with van der Waals surface area (Å²) < 4.78 is 9.72. The summed E-state index contributed by atoms with van der Waals surface area (Å²) in [5.74, 6) is -0.630. The molecule has 0 heterocycles. The van der Waals surface area contributed by atoms with Gasteiger partial charge in [0.2, 0.25) is 0 Å². The third kappa shape index (κ3) is 5.41. The number of rotatable bonds is 5. The molecule has 4 nitrogen and oxygen atoms in total. The summed E-state index contributed by atoms with van der Waals surface area (Å²) >= 11 is 0. The summed E-state index contributed by atoms with van der Waals surface area (Å²) in [5.41, 5.74) is 2.04. The molecule has 0 aliphatic rings. The average Bonchev–Trinajstić information content (AvgIpc) is 2.44. The van der Waals surface area contributed by atoms with E-state index in [0.717, 1.165) is 5.56 Å². The first-order valence-corrected chi connectivity index (χ1v) is 6.77. The highest BCUT2D eigenvalue weighted by atomic mass is 16.6. The largest absolute Gasteiger partial charge is 0.459 e. The van der Waals surface area contributed by atoms with Crippen molar-refractivity contribution in [2.45, 2.75) is 26.2 Å². The molecule has 0 atom stereocenters. The van der Waals surface area contributed by atoms with Crippen LogP contribution in [0.5, 0.6) is 0 Å². The van der Waals surface area contributed by atoms with Gasteiger partial charge in [0, 0.05) is 7.11 Å². The van der Waals surface area contributed by atoms with Crippen LogP contribution in [0.25, 0.3) is 6.08 Å². The van der Waals surface area contributed by atoms with Crippen molar-refractivity contribution in [1.82, 2.24) is 0 Å². The second-order valence-corrected chi connectivity index (χ2v) is 5.67. The summed E-state index contributed by atoms with van der Waals surface area (Å²) in [6, 6.07) is 9.64. The van der Waals surface area contributed by atoms with Crippen LogP contribution in [0.1, 0.15) is 31.9 Å². The van der Waals surface area contributed by atoms with E-state index in [1.54, 1.807) is 0 Å². The Balaban J connectivity index is 2.84. The standard InChI is InChI=1S/C17H21NO3/c1-17(2,3)15-7-5-13(6-8-15)11-14(12-18)16(19)21-10-9-20-4/h5-8,11H,9-10H2,1-4H3/b14-11+. The topological polar surface area (TPSA) is 59.3 Å². The lowest BCUT2D eigenvalue weighted by Crippen LogP contribution is -2.11. The summed E-state index contributed by atoms with van der Waals surface area (Å²) in [6.45, 7) is 6.84. The van der Waals surface area contributed by atoms with Gasteiger partial charge in [-0.2, -0.15) is 5.26 Å². The van der Waals surface area contributed by atoms with E-state index in [4.69, 9.17) is 14.7 Å². The maximum atomic E-state index is 11.7. The number of hydrogen-bond donors (Lipinski definition) is 0. The van der Waals surface area contributed by atoms with E-state index in [-0.39, 0.29) is 17.6 Å². The molecular formula is C17H21NO3. The van der Waals surface area contributed by atoms with E-state index in [0.29, 0.717) is 6.61 Å². The Morgan fingerprint density at radius 2 is 1.86 bits per heavy atom. The summed E-state index contributed by atoms with van der Waals surface area (Å²) in [5, 5.41) is 9.05. The lowest BCUT2D eigenvalue weighted by Gasteiger charge is -2.18. The quantitative estimate of drug-likeness (QED) is 0.361. The van der Waals surface area contributed by atoms with Crippen LogP contribution in [0, 0.1) is 11.3 Å². The van der Waals surface area contributed by atoms with Crippen LogP contribution in [-0.4, -0.2) is 26.3 Å². The lowest BCUT2D eigenvalue weighted by atomic mass is 9.86. The Morgan fingerprint density at radius 3 is 2.33 bits per heavy atom. The molecule has 0 fully saturated rings. The smallest absolute Gasteiger partial charge is 0.348 e. The number of esters is 1. The first-order chi connectivity index (χ1) is 9.88. The second-order valence-electron chi connectivity index (χ2n) is 5.67. The molecular weight excluding hydrogens is 266 g/mol. The predicted octanol–water partition coefficient (Wildman–Crippen LogP) is 3.08. The van der Waals surface area contributed by atoms with Gasteiger partial charge in [0.1, 0.15) is 18.2 Å². The van der Waals surface area contributed by atoms with Crippen LogP contribution in [0.3, 0.4) is 0 Å². The molecule has 0 aliphatic carbocycles. The maximum absolute atomic E-state index is 11.7. The SMILES string of the molecule is COCCOC(=O)/C(C#N)=C/c1ccc(C(C)(C)C)cc1. The number of methoxy groups -OCH3 is 1. The molecule has 112 valence electrons. The Labute approximate surface area is 126 Å². The molecule has 21 heavy (non-hydrogen) atoms. The first kappa shape index (κ1) is 16.9. The number of nitriles is 1. The molecule has 4 heteroatoms. The summed E-state index contributed by atoms with van der Waals surface area (Å²) in [4.78, 5) is 11.7. The van der Waals surface area contributed by atoms with Gasteiger partial charge in [0.25, 0.3) is 0 Å². The fourth-order valence-corrected chi connectivity index (χ4v) is 1.68. The Kier molecular flexibility index (Phi) is 6.13. The van der Waals surface area contributed by atoms with Crippen molar-refractivity contribution >= 4 is 12.0 Å². The van der Waals surface area contributed by atoms with Gasteiger partial charge in [0.15, 0.2) is 0 Å². The van der Waals surface area contributed by atoms with Crippen molar-refractivity contribution in [3.05, 3.63) is 41.0 Å². The van der Waals surface area contributed by atoms with Crippen LogP contribution in [0.15, 0.2) is 29.8 Å². The van der Waals surface area contributed by atoms with E-state index in [1.807, 2.05) is 30.3 Å². The fraction of sp³-hybridized carbons (Fsp3) is 0.412. The van der Waals surface area contributed by atoms with Crippen LogP contribution in [-0.2, 0) is 19.7 Å². The molecule has 0 N–H and O–H groups in total. The van der Waals surface area contributed by atoms with Crippen molar-refractivity contribution in [2.24, 2.45) is 0 Å². The highest BCUT2D eigenvalue weighted by Gasteiger charge is 2.13. The minimum absolute atomic E-state index is 0.0189. The zero-order chi connectivity index (χ0) is 15.9. The molecule has 0 amide bonds. The highest BCUT2D eigenvalue weighted by molar-refractivity contribution is 5.97. The average molecular weight is 287 g/mol. The minimum atomic E-state index is -0.630. The van der Waals surface area contributed by atoms with Gasteiger partial charge in [-0.25, -0.2) is 4.79 Å². The van der Waals surface area contributed by atoms with Gasteiger partial charge in [-0.15, -0.1) is 0 Å². The van der Waals surface area contributed by atoms with Crippen LogP contribution in [0.2, 0.25) is 0 Å². The van der Waals surface area contributed by atoms with E-state index >= 15 is 0 Å². The number of benzene rings is 1. The lowest BCUT2D eigenvalue weighted by molar-refractivity contribution is -0.139. The van der Waals surface area contributed by atoms with E-state index < -0.39 is 5.97 Å². The van der Waals surface area contributed by atoms with Gasteiger partial charge in [-0.3, -0.25) is 0 Å². The van der Waals surface area contributed by atoms with E-state index in [2.05, 4.69) is 20.8 Å². The molecule has 0 saturated carbocycles. The Morgan fingerprint density at radius 1 is 1.24 bits per heavy atom. The molecule has 1 aromatic rings. The van der Waals surface area contributed by atoms with Gasteiger partial charge in [-0.1, -0.05) is 45.0 Å². The first-order valence-electron chi connectivity index (χ1n) is 6.77. The minimum Gasteiger partial charge on any atom is -0.459 e. The van der Waals surface area contributed by atoms with Crippen LogP contribution >= 0.6 is 0 Å². The van der Waals surface area contributed by atoms with Crippen molar-refractivity contribution in [3.8, 4) is 6.07 Å². The molecule has 0 spiro atoms. The van der Waals surface area contributed by atoms with Crippen molar-refractivity contribution in [1.29, 1.82) is 5.26 Å². The number of carbonyl (C=O) groups excluding carboxylic acids is 1.